The van der Waals surface area contributed by atoms with Gasteiger partial charge in [-0.1, -0.05) is 18.2 Å². The Bertz CT molecular complexity index is 855. The molecule has 1 aliphatic rings. The number of piperidine rings is 1. The number of hydrogen-bond acceptors (Lipinski definition) is 3. The fraction of sp³-hybridized carbons (Fsp3) is 0.421. The van der Waals surface area contributed by atoms with E-state index in [1.165, 1.54) is 12.4 Å². The van der Waals surface area contributed by atoms with Crippen molar-refractivity contribution in [2.24, 2.45) is 0 Å². The largest absolute Gasteiger partial charge is 0.478 e. The van der Waals surface area contributed by atoms with Crippen molar-refractivity contribution < 1.29 is 27.9 Å². The van der Waals surface area contributed by atoms with Gasteiger partial charge >= 0.3 is 12.1 Å². The fourth-order valence-electron chi connectivity index (χ4n) is 3.38. The molecule has 0 saturated carbocycles. The minimum absolute atomic E-state index is 0.0161. The number of benzene rings is 1. The first kappa shape index (κ1) is 19.9. The highest BCUT2D eigenvalue weighted by atomic mass is 19.4. The van der Waals surface area contributed by atoms with Crippen LogP contribution in [0.1, 0.15) is 51.6 Å². The standard InChI is InChI=1S/C19H20F3N3O3/c20-19(21,22)8-5-13-3-1-2-4-16(13)17(26)24-9-6-15(7-10-24)25-12-14(11-23-25)18(27)28/h1-4,11-12,15H,5-10H2,(H,27,28). The van der Waals surface area contributed by atoms with Crippen molar-refractivity contribution in [1.82, 2.24) is 14.7 Å². The summed E-state index contributed by atoms with van der Waals surface area (Å²) in [5.74, 6) is -1.32. The second-order valence-electron chi connectivity index (χ2n) is 6.81. The van der Waals surface area contributed by atoms with Gasteiger partial charge in [0.1, 0.15) is 0 Å². The third kappa shape index (κ3) is 4.71. The molecule has 1 fully saturated rings. The monoisotopic (exact) mass is 395 g/mol. The van der Waals surface area contributed by atoms with Gasteiger partial charge in [0.2, 0.25) is 0 Å². The average Bonchev–Trinajstić information content (AvgIpc) is 3.16. The summed E-state index contributed by atoms with van der Waals surface area (Å²) in [5.41, 5.74) is 0.805. The topological polar surface area (TPSA) is 75.4 Å². The van der Waals surface area contributed by atoms with E-state index < -0.39 is 18.6 Å². The summed E-state index contributed by atoms with van der Waals surface area (Å²) in [6.07, 6.45) is -1.52. The number of aromatic carboxylic acids is 1. The van der Waals surface area contributed by atoms with E-state index >= 15 is 0 Å². The minimum Gasteiger partial charge on any atom is -0.478 e. The second-order valence-corrected chi connectivity index (χ2v) is 6.81. The molecule has 1 saturated heterocycles. The van der Waals surface area contributed by atoms with Gasteiger partial charge in [-0.3, -0.25) is 9.48 Å². The van der Waals surface area contributed by atoms with E-state index in [2.05, 4.69) is 5.10 Å². The maximum atomic E-state index is 12.8. The number of carbonyl (C=O) groups excluding carboxylic acids is 1. The van der Waals surface area contributed by atoms with Crippen LogP contribution >= 0.6 is 0 Å². The number of aromatic nitrogens is 2. The first-order valence-corrected chi connectivity index (χ1v) is 8.96. The maximum Gasteiger partial charge on any atom is 0.389 e. The Hall–Kier alpha value is -2.84. The fourth-order valence-corrected chi connectivity index (χ4v) is 3.38. The summed E-state index contributed by atoms with van der Waals surface area (Å²) in [5, 5.41) is 13.1. The summed E-state index contributed by atoms with van der Waals surface area (Å²) in [7, 11) is 0. The Balaban J connectivity index is 1.64. The van der Waals surface area contributed by atoms with Crippen molar-refractivity contribution in [3.05, 3.63) is 53.3 Å². The van der Waals surface area contributed by atoms with Gasteiger partial charge < -0.3 is 10.0 Å². The summed E-state index contributed by atoms with van der Waals surface area (Å²) < 4.78 is 39.2. The third-order valence-corrected chi connectivity index (χ3v) is 4.90. The van der Waals surface area contributed by atoms with Gasteiger partial charge in [0.25, 0.3) is 5.91 Å². The number of carbonyl (C=O) groups is 2. The molecule has 9 heteroatoms. The van der Waals surface area contributed by atoms with E-state index in [1.807, 2.05) is 0 Å². The van der Waals surface area contributed by atoms with Crippen molar-refractivity contribution in [3.8, 4) is 0 Å². The Morgan fingerprint density at radius 3 is 2.46 bits per heavy atom. The summed E-state index contributed by atoms with van der Waals surface area (Å²) in [6, 6.07) is 6.38. The second kappa shape index (κ2) is 8.04. The summed E-state index contributed by atoms with van der Waals surface area (Å²) in [6.45, 7) is 0.860. The molecule has 0 unspecified atom stereocenters. The predicted octanol–water partition coefficient (Wildman–Crippen LogP) is 3.55. The first-order valence-electron chi connectivity index (χ1n) is 8.96. The predicted molar refractivity (Wildman–Crippen MR) is 94.2 cm³/mol. The number of carboxylic acid groups (broad SMARTS) is 1. The maximum absolute atomic E-state index is 12.8. The lowest BCUT2D eigenvalue weighted by atomic mass is 9.99. The molecule has 28 heavy (non-hydrogen) atoms. The van der Waals surface area contributed by atoms with Crippen molar-refractivity contribution in [2.45, 2.75) is 37.9 Å². The van der Waals surface area contributed by atoms with Gasteiger partial charge in [-0.05, 0) is 30.9 Å². The van der Waals surface area contributed by atoms with E-state index in [0.29, 0.717) is 37.1 Å². The first-order chi connectivity index (χ1) is 13.2. The Morgan fingerprint density at radius 1 is 1.18 bits per heavy atom. The quantitative estimate of drug-likeness (QED) is 0.840. The van der Waals surface area contributed by atoms with E-state index in [9.17, 15) is 22.8 Å². The Kier molecular flexibility index (Phi) is 5.71. The van der Waals surface area contributed by atoms with E-state index in [0.717, 1.165) is 0 Å². The number of nitrogens with zero attached hydrogens (tertiary/aromatic N) is 3. The van der Waals surface area contributed by atoms with Gasteiger partial charge in [-0.25, -0.2) is 4.79 Å². The van der Waals surface area contributed by atoms with Crippen LogP contribution in [0, 0.1) is 0 Å². The molecule has 1 N–H and O–H groups in total. The highest BCUT2D eigenvalue weighted by Crippen LogP contribution is 2.26. The number of rotatable bonds is 5. The molecule has 0 radical (unpaired) electrons. The molecule has 2 heterocycles. The molecule has 1 aromatic carbocycles. The molecular formula is C19H20F3N3O3. The molecule has 0 spiro atoms. The zero-order valence-corrected chi connectivity index (χ0v) is 15.0. The van der Waals surface area contributed by atoms with E-state index in [-0.39, 0.29) is 23.9 Å². The van der Waals surface area contributed by atoms with Crippen LogP contribution in [0.5, 0.6) is 0 Å². The van der Waals surface area contributed by atoms with Crippen LogP contribution in [0.2, 0.25) is 0 Å². The molecule has 150 valence electrons. The summed E-state index contributed by atoms with van der Waals surface area (Å²) in [4.78, 5) is 25.4. The molecule has 2 aromatic rings. The van der Waals surface area contributed by atoms with Crippen molar-refractivity contribution >= 4 is 11.9 Å². The molecule has 0 atom stereocenters. The van der Waals surface area contributed by atoms with Crippen molar-refractivity contribution in [3.63, 3.8) is 0 Å². The number of likely N-dealkylation sites (tertiary alicyclic amines) is 1. The number of carboxylic acids is 1. The zero-order chi connectivity index (χ0) is 20.3. The molecule has 0 bridgehead atoms. The molecule has 1 aliphatic heterocycles. The number of alkyl halides is 3. The smallest absolute Gasteiger partial charge is 0.389 e. The van der Waals surface area contributed by atoms with Crippen LogP contribution in [0.15, 0.2) is 36.7 Å². The van der Waals surface area contributed by atoms with Crippen LogP contribution < -0.4 is 0 Å². The Labute approximate surface area is 159 Å². The van der Waals surface area contributed by atoms with E-state index in [4.69, 9.17) is 5.11 Å². The van der Waals surface area contributed by atoms with Crippen LogP contribution in [0.3, 0.4) is 0 Å². The minimum atomic E-state index is -4.27. The van der Waals surface area contributed by atoms with Crippen LogP contribution in [-0.4, -0.2) is 50.9 Å². The van der Waals surface area contributed by atoms with Gasteiger partial charge in [0, 0.05) is 31.3 Å². The van der Waals surface area contributed by atoms with Gasteiger partial charge in [0.05, 0.1) is 17.8 Å². The highest BCUT2D eigenvalue weighted by Gasteiger charge is 2.29. The highest BCUT2D eigenvalue weighted by molar-refractivity contribution is 5.95. The normalized spacial score (nSPS) is 15.6. The molecule has 1 amide bonds. The third-order valence-electron chi connectivity index (χ3n) is 4.90. The lowest BCUT2D eigenvalue weighted by Crippen LogP contribution is -2.39. The number of amides is 1. The number of hydrogen-bond donors (Lipinski definition) is 1. The van der Waals surface area contributed by atoms with Crippen molar-refractivity contribution in [2.75, 3.05) is 13.1 Å². The van der Waals surface area contributed by atoms with Gasteiger partial charge in [-0.15, -0.1) is 0 Å². The average molecular weight is 395 g/mol. The van der Waals surface area contributed by atoms with Crippen LogP contribution in [-0.2, 0) is 6.42 Å². The SMILES string of the molecule is O=C(O)c1cnn(C2CCN(C(=O)c3ccccc3CCC(F)(F)F)CC2)c1. The van der Waals surface area contributed by atoms with Gasteiger partial charge in [-0.2, -0.15) is 18.3 Å². The molecule has 0 aliphatic carbocycles. The Morgan fingerprint density at radius 2 is 1.86 bits per heavy atom. The van der Waals surface area contributed by atoms with Crippen LogP contribution in [0.25, 0.3) is 0 Å². The van der Waals surface area contributed by atoms with Gasteiger partial charge in [0.15, 0.2) is 0 Å². The lowest BCUT2D eigenvalue weighted by molar-refractivity contribution is -0.134. The summed E-state index contributed by atoms with van der Waals surface area (Å²) >= 11 is 0. The molecule has 6 nitrogen and oxygen atoms in total. The number of halogens is 3. The number of aryl methyl sites for hydroxylation is 1. The molecule has 3 rings (SSSR count). The van der Waals surface area contributed by atoms with Crippen molar-refractivity contribution in [1.29, 1.82) is 0 Å². The lowest BCUT2D eigenvalue weighted by Gasteiger charge is -2.32. The van der Waals surface area contributed by atoms with Crippen LogP contribution in [0.4, 0.5) is 13.2 Å². The molecular weight excluding hydrogens is 375 g/mol. The molecule has 1 aromatic heterocycles. The van der Waals surface area contributed by atoms with E-state index in [1.54, 1.807) is 33.8 Å². The zero-order valence-electron chi connectivity index (χ0n) is 15.0.